The first-order valence-corrected chi connectivity index (χ1v) is 8.99. The molecule has 0 bridgehead atoms. The smallest absolute Gasteiger partial charge is 0.270 e. The number of hydrogen-bond acceptors (Lipinski definition) is 2. The van der Waals surface area contributed by atoms with Gasteiger partial charge in [-0.2, -0.15) is 0 Å². The Kier molecular flexibility index (Phi) is 4.73. The highest BCUT2D eigenvalue weighted by atomic mass is 35.5. The normalized spacial score (nSPS) is 15.7. The quantitative estimate of drug-likeness (QED) is 0.816. The molecule has 2 heterocycles. The zero-order chi connectivity index (χ0) is 18.4. The van der Waals surface area contributed by atoms with E-state index in [1.807, 2.05) is 25.7 Å². The van der Waals surface area contributed by atoms with E-state index in [-0.39, 0.29) is 11.8 Å². The maximum absolute atomic E-state index is 12.8. The maximum atomic E-state index is 12.8. The molecule has 1 aromatic heterocycles. The molecule has 0 radical (unpaired) electrons. The number of H-pyrrole nitrogens is 1. The molecule has 3 rings (SSSR count). The number of benzene rings is 1. The van der Waals surface area contributed by atoms with Gasteiger partial charge >= 0.3 is 0 Å². The Morgan fingerprint density at radius 2 is 1.64 bits per heavy atom. The van der Waals surface area contributed by atoms with Gasteiger partial charge in [0.2, 0.25) is 5.91 Å². The molecule has 1 fully saturated rings. The molecule has 1 aliphatic rings. The summed E-state index contributed by atoms with van der Waals surface area (Å²) in [7, 11) is 0. The lowest BCUT2D eigenvalue weighted by molar-refractivity contribution is -0.140. The van der Waals surface area contributed by atoms with Crippen molar-refractivity contribution in [2.75, 3.05) is 26.2 Å². The first-order chi connectivity index (χ1) is 11.7. The van der Waals surface area contributed by atoms with Crippen molar-refractivity contribution in [3.8, 4) is 0 Å². The fraction of sp³-hybridized carbons (Fsp3) is 0.444. The van der Waals surface area contributed by atoms with Crippen molar-refractivity contribution in [1.29, 1.82) is 0 Å². The number of fused-ring (bicyclic) bond motifs is 1. The number of aromatic amines is 1. The van der Waals surface area contributed by atoms with E-state index in [0.29, 0.717) is 41.9 Å². The van der Waals surface area contributed by atoms with Crippen molar-refractivity contribution < 1.29 is 9.59 Å². The number of halogens is 2. The first kappa shape index (κ1) is 18.1. The molecule has 0 saturated carbocycles. The van der Waals surface area contributed by atoms with E-state index in [0.717, 1.165) is 10.9 Å². The summed E-state index contributed by atoms with van der Waals surface area (Å²) >= 11 is 12.2. The maximum Gasteiger partial charge on any atom is 0.270 e. The Labute approximate surface area is 156 Å². The van der Waals surface area contributed by atoms with Gasteiger partial charge < -0.3 is 14.8 Å². The topological polar surface area (TPSA) is 56.4 Å². The average Bonchev–Trinajstić information content (AvgIpc) is 3.01. The standard InChI is InChI=1S/C18H21Cl2N3O2/c1-18(2,3)17(25)23-8-6-22(7-9-23)16(24)14-10-11-13(21-14)5-4-12(19)15(11)20/h4-5,10,21H,6-9H2,1-3H3. The van der Waals surface area contributed by atoms with Crippen molar-refractivity contribution in [2.24, 2.45) is 5.41 Å². The molecule has 7 heteroatoms. The van der Waals surface area contributed by atoms with Crippen molar-refractivity contribution >= 4 is 45.9 Å². The summed E-state index contributed by atoms with van der Waals surface area (Å²) in [5.41, 5.74) is 0.855. The molecule has 1 N–H and O–H groups in total. The van der Waals surface area contributed by atoms with Crippen LogP contribution in [0, 0.1) is 5.41 Å². The number of carbonyl (C=O) groups is 2. The fourth-order valence-corrected chi connectivity index (χ4v) is 3.40. The van der Waals surface area contributed by atoms with Gasteiger partial charge in [-0.1, -0.05) is 44.0 Å². The molecule has 2 amide bonds. The lowest BCUT2D eigenvalue weighted by Crippen LogP contribution is -2.53. The highest BCUT2D eigenvalue weighted by Gasteiger charge is 2.31. The number of amides is 2. The van der Waals surface area contributed by atoms with E-state index in [2.05, 4.69) is 4.98 Å². The number of piperazine rings is 1. The summed E-state index contributed by atoms with van der Waals surface area (Å²) in [6.45, 7) is 7.86. The summed E-state index contributed by atoms with van der Waals surface area (Å²) in [5.74, 6) is 0.0258. The molecule has 25 heavy (non-hydrogen) atoms. The first-order valence-electron chi connectivity index (χ1n) is 8.24. The van der Waals surface area contributed by atoms with Crippen molar-refractivity contribution in [1.82, 2.24) is 14.8 Å². The summed E-state index contributed by atoms with van der Waals surface area (Å²) < 4.78 is 0. The van der Waals surface area contributed by atoms with E-state index in [1.54, 1.807) is 23.1 Å². The molecule has 1 saturated heterocycles. The Bertz CT molecular complexity index is 831. The van der Waals surface area contributed by atoms with Crippen LogP contribution in [0.1, 0.15) is 31.3 Å². The van der Waals surface area contributed by atoms with Crippen LogP contribution in [-0.2, 0) is 4.79 Å². The highest BCUT2D eigenvalue weighted by Crippen LogP contribution is 2.31. The van der Waals surface area contributed by atoms with Crippen molar-refractivity contribution in [3.05, 3.63) is 33.9 Å². The predicted molar refractivity (Wildman–Crippen MR) is 100 cm³/mol. The minimum absolute atomic E-state index is 0.0914. The summed E-state index contributed by atoms with van der Waals surface area (Å²) in [6.07, 6.45) is 0. The molecule has 0 atom stereocenters. The molecular formula is C18H21Cl2N3O2. The molecule has 0 aliphatic carbocycles. The Morgan fingerprint density at radius 3 is 2.24 bits per heavy atom. The van der Waals surface area contributed by atoms with Gasteiger partial charge in [-0.15, -0.1) is 0 Å². The Balaban J connectivity index is 1.73. The lowest BCUT2D eigenvalue weighted by atomic mass is 9.94. The van der Waals surface area contributed by atoms with Crippen LogP contribution in [0.3, 0.4) is 0 Å². The monoisotopic (exact) mass is 381 g/mol. The SMILES string of the molecule is CC(C)(C)C(=O)N1CCN(C(=O)c2cc3c(Cl)c(Cl)ccc3[nH]2)CC1. The van der Waals surface area contributed by atoms with Crippen LogP contribution in [0.4, 0.5) is 0 Å². The van der Waals surface area contributed by atoms with E-state index in [4.69, 9.17) is 23.2 Å². The molecule has 5 nitrogen and oxygen atoms in total. The van der Waals surface area contributed by atoms with E-state index in [9.17, 15) is 9.59 Å². The van der Waals surface area contributed by atoms with E-state index >= 15 is 0 Å². The highest BCUT2D eigenvalue weighted by molar-refractivity contribution is 6.45. The number of carbonyl (C=O) groups excluding carboxylic acids is 2. The predicted octanol–water partition coefficient (Wildman–Crippen LogP) is 3.81. The Hall–Kier alpha value is -1.72. The van der Waals surface area contributed by atoms with Gasteiger partial charge in [0, 0.05) is 42.5 Å². The van der Waals surface area contributed by atoms with Gasteiger partial charge in [0.15, 0.2) is 0 Å². The van der Waals surface area contributed by atoms with Gasteiger partial charge in [0.25, 0.3) is 5.91 Å². The molecule has 0 spiro atoms. The van der Waals surface area contributed by atoms with E-state index in [1.165, 1.54) is 0 Å². The summed E-state index contributed by atoms with van der Waals surface area (Å²) in [6, 6.07) is 5.24. The summed E-state index contributed by atoms with van der Waals surface area (Å²) in [5, 5.41) is 1.63. The molecular weight excluding hydrogens is 361 g/mol. The van der Waals surface area contributed by atoms with Crippen LogP contribution in [0.5, 0.6) is 0 Å². The molecule has 2 aromatic rings. The number of nitrogens with zero attached hydrogens (tertiary/aromatic N) is 2. The number of nitrogens with one attached hydrogen (secondary N) is 1. The zero-order valence-electron chi connectivity index (χ0n) is 14.5. The summed E-state index contributed by atoms with van der Waals surface area (Å²) in [4.78, 5) is 31.8. The van der Waals surface area contributed by atoms with Crippen LogP contribution in [0.15, 0.2) is 18.2 Å². The lowest BCUT2D eigenvalue weighted by Gasteiger charge is -2.37. The minimum Gasteiger partial charge on any atom is -0.350 e. The van der Waals surface area contributed by atoms with Crippen LogP contribution in [0.2, 0.25) is 10.0 Å². The molecule has 1 aromatic carbocycles. The van der Waals surface area contributed by atoms with Gasteiger partial charge in [0.1, 0.15) is 5.69 Å². The second-order valence-corrected chi connectivity index (χ2v) is 8.13. The fourth-order valence-electron chi connectivity index (χ4n) is 3.01. The largest absolute Gasteiger partial charge is 0.350 e. The molecule has 1 aliphatic heterocycles. The van der Waals surface area contributed by atoms with Gasteiger partial charge in [0.05, 0.1) is 10.0 Å². The Morgan fingerprint density at radius 1 is 1.04 bits per heavy atom. The van der Waals surface area contributed by atoms with Gasteiger partial charge in [-0.05, 0) is 18.2 Å². The average molecular weight is 382 g/mol. The second kappa shape index (κ2) is 6.54. The third kappa shape index (κ3) is 3.48. The molecule has 0 unspecified atom stereocenters. The van der Waals surface area contributed by atoms with E-state index < -0.39 is 5.41 Å². The second-order valence-electron chi connectivity index (χ2n) is 7.34. The van der Waals surface area contributed by atoms with Crippen molar-refractivity contribution in [2.45, 2.75) is 20.8 Å². The van der Waals surface area contributed by atoms with Crippen LogP contribution in [0.25, 0.3) is 10.9 Å². The van der Waals surface area contributed by atoms with Crippen LogP contribution < -0.4 is 0 Å². The number of hydrogen-bond donors (Lipinski definition) is 1. The molecule has 134 valence electrons. The zero-order valence-corrected chi connectivity index (χ0v) is 16.0. The van der Waals surface area contributed by atoms with Crippen LogP contribution in [-0.4, -0.2) is 52.8 Å². The van der Waals surface area contributed by atoms with Gasteiger partial charge in [-0.3, -0.25) is 9.59 Å². The van der Waals surface area contributed by atoms with Crippen molar-refractivity contribution in [3.63, 3.8) is 0 Å². The number of aromatic nitrogens is 1. The number of rotatable bonds is 1. The van der Waals surface area contributed by atoms with Crippen LogP contribution >= 0.6 is 23.2 Å². The minimum atomic E-state index is -0.403. The van der Waals surface area contributed by atoms with Gasteiger partial charge in [-0.25, -0.2) is 0 Å². The third-order valence-electron chi connectivity index (χ3n) is 4.42. The third-order valence-corrected chi connectivity index (χ3v) is 5.24.